The van der Waals surface area contributed by atoms with E-state index in [2.05, 4.69) is 0 Å². The Morgan fingerprint density at radius 3 is 1.23 bits per heavy atom. The molecular weight excluding hydrogens is 499 g/mol. The Morgan fingerprint density at radius 2 is 1.00 bits per heavy atom. The van der Waals surface area contributed by atoms with E-state index in [1.54, 1.807) is 31.5 Å². The molecule has 10 heteroatoms. The fourth-order valence-corrected chi connectivity index (χ4v) is 3.00. The van der Waals surface area contributed by atoms with Crippen LogP contribution in [0.1, 0.15) is 23.6 Å². The van der Waals surface area contributed by atoms with Crippen molar-refractivity contribution in [3.63, 3.8) is 0 Å². The van der Waals surface area contributed by atoms with Crippen molar-refractivity contribution in [3.8, 4) is 0 Å². The minimum atomic E-state index is -2.02. The molecule has 1 aromatic carbocycles. The molecule has 1 rings (SSSR count). The third kappa shape index (κ3) is 4.26. The van der Waals surface area contributed by atoms with E-state index in [4.69, 9.17) is 116 Å². The average Bonchev–Trinajstić information content (AvgIpc) is 2.34. The van der Waals surface area contributed by atoms with Crippen molar-refractivity contribution in [3.05, 3.63) is 41.3 Å². The Balaban J connectivity index is 3.66. The van der Waals surface area contributed by atoms with Crippen molar-refractivity contribution in [2.75, 3.05) is 0 Å². The molecule has 125 valence electrons. The Kier molecular flexibility index (Phi) is 7.45. The molecule has 1 radical (unpaired) electrons. The van der Waals surface area contributed by atoms with Crippen molar-refractivity contribution in [1.29, 1.82) is 0 Å². The number of benzene rings is 1. The number of hydrogen-bond donors (Lipinski definition) is 0. The van der Waals surface area contributed by atoms with Gasteiger partial charge in [0.15, 0.2) is 8.67 Å². The van der Waals surface area contributed by atoms with Crippen LogP contribution in [0.5, 0.6) is 0 Å². The first-order valence-corrected chi connectivity index (χ1v) is 9.28. The van der Waals surface area contributed by atoms with Gasteiger partial charge in [-0.1, -0.05) is 141 Å². The summed E-state index contributed by atoms with van der Waals surface area (Å²) in [5, 5.41) is 0. The monoisotopic (exact) mass is 501 g/mol. The second kappa shape index (κ2) is 7.39. The average molecular weight is 506 g/mol. The van der Waals surface area contributed by atoms with Gasteiger partial charge in [-0.05, 0) is 23.1 Å². The molecule has 0 bridgehead atoms. The maximum absolute atomic E-state index is 6.22. The smallest absolute Gasteiger partial charge is 0.0915 e. The van der Waals surface area contributed by atoms with Gasteiger partial charge >= 0.3 is 0 Å². The van der Waals surface area contributed by atoms with Crippen molar-refractivity contribution >= 4 is 116 Å². The van der Waals surface area contributed by atoms with Crippen LogP contribution in [0.25, 0.3) is 0 Å². The van der Waals surface area contributed by atoms with Gasteiger partial charge in [0, 0.05) is 0 Å². The second-order valence-electron chi connectivity index (χ2n) is 4.20. The van der Waals surface area contributed by atoms with Gasteiger partial charge in [0.2, 0.25) is 7.59 Å². The Morgan fingerprint density at radius 1 is 0.682 bits per heavy atom. The van der Waals surface area contributed by atoms with Crippen LogP contribution in [-0.4, -0.2) is 7.59 Å². The predicted molar refractivity (Wildman–Crippen MR) is 103 cm³/mol. The molecule has 0 saturated carbocycles. The molecule has 0 aliphatic carbocycles. The van der Waals surface area contributed by atoms with Crippen LogP contribution in [0, 0.1) is 6.42 Å². The number of rotatable bonds is 3. The van der Waals surface area contributed by atoms with Gasteiger partial charge in [0.05, 0.1) is 0 Å². The van der Waals surface area contributed by atoms with Gasteiger partial charge in [-0.3, -0.25) is 0 Å². The van der Waals surface area contributed by atoms with E-state index in [0.29, 0.717) is 5.56 Å². The van der Waals surface area contributed by atoms with E-state index in [1.807, 2.05) is 0 Å². The molecule has 0 heterocycles. The Hall–Kier alpha value is 2.12. The molecule has 0 aliphatic rings. The van der Waals surface area contributed by atoms with Crippen LogP contribution in [0.2, 0.25) is 0 Å². The van der Waals surface area contributed by atoms with Gasteiger partial charge in [0.25, 0.3) is 0 Å². The highest BCUT2D eigenvalue weighted by molar-refractivity contribution is 6.76. The van der Waals surface area contributed by atoms with Crippen LogP contribution < -0.4 is 0 Å². The number of alkyl halides is 10. The predicted octanol–water partition coefficient (Wildman–Crippen LogP) is 8.26. The molecule has 0 fully saturated rings. The Labute approximate surface area is 179 Å². The molecular formula is C12H7Cl10. The SMILES string of the molecule is C[CH]c1c(C(Cl)(Cl)C(Cl)(Cl)Cl)cccc1C(Cl)(Cl)C(Cl)(Cl)Cl. The van der Waals surface area contributed by atoms with Crippen molar-refractivity contribution < 1.29 is 0 Å². The minimum Gasteiger partial charge on any atom is -0.0915 e. The highest BCUT2D eigenvalue weighted by Gasteiger charge is 2.52. The summed E-state index contributed by atoms with van der Waals surface area (Å²) in [6.45, 7) is 1.69. The molecule has 0 aromatic heterocycles. The summed E-state index contributed by atoms with van der Waals surface area (Å²) < 4.78 is -7.80. The van der Waals surface area contributed by atoms with Gasteiger partial charge in [0.1, 0.15) is 0 Å². The lowest BCUT2D eigenvalue weighted by Gasteiger charge is -2.34. The zero-order valence-electron chi connectivity index (χ0n) is 10.6. The summed E-state index contributed by atoms with van der Waals surface area (Å²) in [6, 6.07) is 4.68. The van der Waals surface area contributed by atoms with Crippen molar-refractivity contribution in [1.82, 2.24) is 0 Å². The summed E-state index contributed by atoms with van der Waals surface area (Å²) in [7, 11) is 0. The van der Waals surface area contributed by atoms with Gasteiger partial charge in [-0.15, -0.1) is 0 Å². The fraction of sp³-hybridized carbons (Fsp3) is 0.417. The lowest BCUT2D eigenvalue weighted by Crippen LogP contribution is -2.33. The fourth-order valence-electron chi connectivity index (χ4n) is 1.73. The summed E-state index contributed by atoms with van der Waals surface area (Å²) in [5.41, 5.74) is 0.918. The van der Waals surface area contributed by atoms with Crippen molar-refractivity contribution in [2.24, 2.45) is 0 Å². The maximum atomic E-state index is 6.22. The molecule has 0 nitrogen and oxygen atoms in total. The standard InChI is InChI=1S/C12H7Cl10/c1-2-6-7(9(13,14)11(17,18)19)4-3-5-8(6)10(15,16)12(20,21)22/h2-5H,1H3. The van der Waals surface area contributed by atoms with Crippen LogP contribution in [0.4, 0.5) is 0 Å². The molecule has 1 aromatic rings. The minimum absolute atomic E-state index is 0.260. The van der Waals surface area contributed by atoms with E-state index >= 15 is 0 Å². The zero-order valence-corrected chi connectivity index (χ0v) is 18.1. The van der Waals surface area contributed by atoms with E-state index in [-0.39, 0.29) is 11.1 Å². The quantitative estimate of drug-likeness (QED) is 0.363. The second-order valence-corrected chi connectivity index (χ2v) is 11.4. The molecule has 0 amide bonds. The van der Waals surface area contributed by atoms with Crippen LogP contribution in [0.3, 0.4) is 0 Å². The molecule has 0 spiro atoms. The third-order valence-corrected chi connectivity index (χ3v) is 7.59. The molecule has 0 atom stereocenters. The zero-order chi connectivity index (χ0) is 17.6. The van der Waals surface area contributed by atoms with E-state index in [1.165, 1.54) is 0 Å². The first-order chi connectivity index (χ1) is 9.68. The maximum Gasteiger partial charge on any atom is 0.227 e. The van der Waals surface area contributed by atoms with Gasteiger partial charge in [-0.25, -0.2) is 0 Å². The summed E-state index contributed by atoms with van der Waals surface area (Å²) in [4.78, 5) is 0. The molecule has 0 unspecified atom stereocenters. The topological polar surface area (TPSA) is 0 Å². The first-order valence-electron chi connectivity index (χ1n) is 5.50. The largest absolute Gasteiger partial charge is 0.227 e. The van der Waals surface area contributed by atoms with E-state index in [9.17, 15) is 0 Å². The molecule has 0 aliphatic heterocycles. The van der Waals surface area contributed by atoms with Crippen molar-refractivity contribution in [2.45, 2.75) is 23.2 Å². The van der Waals surface area contributed by atoms with Crippen LogP contribution >= 0.6 is 116 Å². The number of halogens is 10. The summed E-state index contributed by atoms with van der Waals surface area (Å²) in [6.07, 6.45) is 1.62. The van der Waals surface area contributed by atoms with E-state index in [0.717, 1.165) is 0 Å². The summed E-state index contributed by atoms with van der Waals surface area (Å²) >= 11 is 60.0. The highest BCUT2D eigenvalue weighted by Crippen LogP contribution is 2.58. The molecule has 22 heavy (non-hydrogen) atoms. The third-order valence-electron chi connectivity index (χ3n) is 2.78. The van der Waals surface area contributed by atoms with Gasteiger partial charge in [-0.2, -0.15) is 0 Å². The van der Waals surface area contributed by atoms with Crippen LogP contribution in [-0.2, 0) is 8.67 Å². The highest BCUT2D eigenvalue weighted by atomic mass is 35.6. The number of hydrogen-bond acceptors (Lipinski definition) is 0. The lowest BCUT2D eigenvalue weighted by atomic mass is 9.94. The molecule has 0 N–H and O–H groups in total. The van der Waals surface area contributed by atoms with Crippen LogP contribution in [0.15, 0.2) is 18.2 Å². The summed E-state index contributed by atoms with van der Waals surface area (Å²) in [5.74, 6) is 0. The first kappa shape index (κ1) is 22.2. The Bertz CT molecular complexity index is 494. The lowest BCUT2D eigenvalue weighted by molar-refractivity contribution is 0.831. The normalized spacial score (nSPS) is 14.3. The van der Waals surface area contributed by atoms with Gasteiger partial charge < -0.3 is 0 Å². The molecule has 0 saturated heterocycles. The van der Waals surface area contributed by atoms with E-state index < -0.39 is 16.3 Å².